The monoisotopic (exact) mass is 450 g/mol. The highest BCUT2D eigenvalue weighted by Gasteiger charge is 2.26. The van der Waals surface area contributed by atoms with Gasteiger partial charge in [-0.25, -0.2) is 4.39 Å². The molecule has 8 heteroatoms. The average Bonchev–Trinajstić information content (AvgIpc) is 3.41. The lowest BCUT2D eigenvalue weighted by Gasteiger charge is -2.11. The number of hydrogen-bond donors (Lipinski definition) is 2. The highest BCUT2D eigenvalue weighted by molar-refractivity contribution is 6.08. The molecule has 1 heterocycles. The van der Waals surface area contributed by atoms with E-state index in [1.54, 1.807) is 18.2 Å². The highest BCUT2D eigenvalue weighted by Crippen LogP contribution is 2.45. The van der Waals surface area contributed by atoms with Gasteiger partial charge in [0, 0.05) is 12.1 Å². The molecule has 0 spiro atoms. The number of methoxy groups -OCH3 is 2. The van der Waals surface area contributed by atoms with Crippen LogP contribution in [0.3, 0.4) is 0 Å². The van der Waals surface area contributed by atoms with Crippen LogP contribution in [0.4, 0.5) is 4.39 Å². The van der Waals surface area contributed by atoms with Crippen molar-refractivity contribution in [2.24, 2.45) is 0 Å². The van der Waals surface area contributed by atoms with Gasteiger partial charge in [0.15, 0.2) is 11.5 Å². The molecule has 4 rings (SSSR count). The lowest BCUT2D eigenvalue weighted by atomic mass is 10.00. The Hall–Kier alpha value is -4.07. The van der Waals surface area contributed by atoms with E-state index in [4.69, 9.17) is 14.0 Å². The van der Waals surface area contributed by atoms with E-state index in [2.05, 4.69) is 10.5 Å². The van der Waals surface area contributed by atoms with E-state index in [9.17, 15) is 14.3 Å². The van der Waals surface area contributed by atoms with E-state index in [1.165, 1.54) is 38.8 Å². The summed E-state index contributed by atoms with van der Waals surface area (Å²) in [5, 5.41) is 16.6. The predicted molar refractivity (Wildman–Crippen MR) is 121 cm³/mol. The number of aromatic hydroxyl groups is 1. The van der Waals surface area contributed by atoms with E-state index >= 15 is 0 Å². The normalized spacial score (nSPS) is 13.9. The summed E-state index contributed by atoms with van der Waals surface area (Å²) in [5.41, 5.74) is 5.44. The van der Waals surface area contributed by atoms with Crippen molar-refractivity contribution in [3.63, 3.8) is 0 Å². The van der Waals surface area contributed by atoms with Crippen LogP contribution in [-0.2, 0) is 11.3 Å². The van der Waals surface area contributed by atoms with Crippen LogP contribution < -0.4 is 14.8 Å². The summed E-state index contributed by atoms with van der Waals surface area (Å²) in [6.07, 6.45) is 4.99. The molecule has 3 aromatic rings. The minimum atomic E-state index is -0.377. The summed E-state index contributed by atoms with van der Waals surface area (Å²) in [6, 6.07) is 7.92. The number of phenols is 1. The quantitative estimate of drug-likeness (QED) is 0.548. The number of carbonyl (C=O) groups is 1. The van der Waals surface area contributed by atoms with Gasteiger partial charge in [-0.3, -0.25) is 4.79 Å². The first kappa shape index (κ1) is 22.1. The van der Waals surface area contributed by atoms with Crippen molar-refractivity contribution >= 4 is 23.1 Å². The minimum absolute atomic E-state index is 0.0894. The van der Waals surface area contributed by atoms with Crippen molar-refractivity contribution in [3.8, 4) is 17.2 Å². The number of fused-ring (bicyclic) bond motifs is 1. The number of carbonyl (C=O) groups excluding carboxylic acids is 1. The number of benzene rings is 2. The third kappa shape index (κ3) is 4.45. The molecule has 0 bridgehead atoms. The fraction of sp³-hybridized carbons (Fsp3) is 0.200. The molecule has 0 atom stereocenters. The number of ether oxygens (including phenoxy) is 2. The van der Waals surface area contributed by atoms with Crippen molar-refractivity contribution in [3.05, 3.63) is 76.4 Å². The van der Waals surface area contributed by atoms with Gasteiger partial charge in [-0.2, -0.15) is 0 Å². The Labute approximate surface area is 190 Å². The number of nitrogens with one attached hydrogen (secondary N) is 1. The number of nitrogens with zero attached hydrogens (tertiary/aromatic N) is 1. The summed E-state index contributed by atoms with van der Waals surface area (Å²) in [4.78, 5) is 12.6. The zero-order valence-corrected chi connectivity index (χ0v) is 18.4. The van der Waals surface area contributed by atoms with Crippen molar-refractivity contribution < 1.29 is 28.3 Å². The molecule has 0 saturated heterocycles. The summed E-state index contributed by atoms with van der Waals surface area (Å²) in [5.74, 6) is -0.122. The second-order valence-electron chi connectivity index (χ2n) is 7.61. The minimum Gasteiger partial charge on any atom is -0.502 e. The van der Waals surface area contributed by atoms with Gasteiger partial charge in [0.1, 0.15) is 12.1 Å². The molecule has 1 aliphatic rings. The second kappa shape index (κ2) is 9.20. The van der Waals surface area contributed by atoms with Gasteiger partial charge in [-0.05, 0) is 70.7 Å². The first-order valence-electron chi connectivity index (χ1n) is 10.2. The van der Waals surface area contributed by atoms with E-state index in [0.29, 0.717) is 12.1 Å². The summed E-state index contributed by atoms with van der Waals surface area (Å²) < 4.78 is 29.4. The Balaban J connectivity index is 1.70. The average molecular weight is 450 g/mol. The number of allylic oxidation sites excluding steroid dienone is 2. The molecule has 1 amide bonds. The van der Waals surface area contributed by atoms with E-state index in [0.717, 1.165) is 33.4 Å². The molecule has 7 nitrogen and oxygen atoms in total. The van der Waals surface area contributed by atoms with Gasteiger partial charge in [-0.1, -0.05) is 11.2 Å². The number of hydrogen-bond acceptors (Lipinski definition) is 6. The highest BCUT2D eigenvalue weighted by atomic mass is 19.1. The van der Waals surface area contributed by atoms with Crippen LogP contribution in [0.1, 0.15) is 35.6 Å². The Morgan fingerprint density at radius 2 is 1.91 bits per heavy atom. The molecule has 1 aromatic heterocycles. The Bertz CT molecular complexity index is 1240. The number of halogens is 1. The van der Waals surface area contributed by atoms with Crippen LogP contribution >= 0.6 is 0 Å². The van der Waals surface area contributed by atoms with Gasteiger partial charge in [-0.15, -0.1) is 0 Å². The third-order valence-electron chi connectivity index (χ3n) is 5.58. The summed E-state index contributed by atoms with van der Waals surface area (Å²) in [7, 11) is 2.92. The first-order valence-corrected chi connectivity index (χ1v) is 10.2. The number of aromatic nitrogens is 1. The van der Waals surface area contributed by atoms with Crippen LogP contribution in [0.15, 0.2) is 52.9 Å². The number of amides is 1. The first-order chi connectivity index (χ1) is 15.9. The number of phenolic OH excluding ortho intramolecular Hbond substituents is 1. The smallest absolute Gasteiger partial charge is 0.224 e. The van der Waals surface area contributed by atoms with Crippen LogP contribution in [0.2, 0.25) is 0 Å². The van der Waals surface area contributed by atoms with Gasteiger partial charge in [0.05, 0.1) is 26.8 Å². The molecule has 0 fully saturated rings. The summed E-state index contributed by atoms with van der Waals surface area (Å²) >= 11 is 0. The van der Waals surface area contributed by atoms with Crippen LogP contribution in [-0.4, -0.2) is 30.4 Å². The topological polar surface area (TPSA) is 93.8 Å². The van der Waals surface area contributed by atoms with Crippen molar-refractivity contribution in [2.75, 3.05) is 14.2 Å². The van der Waals surface area contributed by atoms with Gasteiger partial charge in [0.25, 0.3) is 0 Å². The lowest BCUT2D eigenvalue weighted by molar-refractivity contribution is -0.120. The van der Waals surface area contributed by atoms with Gasteiger partial charge in [0.2, 0.25) is 11.7 Å². The van der Waals surface area contributed by atoms with Gasteiger partial charge >= 0.3 is 0 Å². The van der Waals surface area contributed by atoms with Crippen LogP contribution in [0.25, 0.3) is 17.2 Å². The molecule has 2 N–H and O–H groups in total. The Morgan fingerprint density at radius 3 is 2.55 bits per heavy atom. The zero-order chi connectivity index (χ0) is 23.5. The maximum Gasteiger partial charge on any atom is 0.224 e. The fourth-order valence-corrected chi connectivity index (χ4v) is 3.88. The maximum atomic E-state index is 14.1. The van der Waals surface area contributed by atoms with Crippen LogP contribution in [0, 0.1) is 5.82 Å². The molecule has 0 unspecified atom stereocenters. The Morgan fingerprint density at radius 1 is 1.18 bits per heavy atom. The van der Waals surface area contributed by atoms with Crippen molar-refractivity contribution in [2.45, 2.75) is 19.9 Å². The Kier molecular flexibility index (Phi) is 6.17. The SMILES string of the molecule is COc1cc(C=C2C(C)=C(CC(=O)NCc3cnoc3)c3cc(F)ccc32)cc(OC)c1O. The lowest BCUT2D eigenvalue weighted by Crippen LogP contribution is -2.22. The molecule has 0 saturated carbocycles. The molecule has 0 aliphatic heterocycles. The maximum absolute atomic E-state index is 14.1. The van der Waals surface area contributed by atoms with E-state index in [-0.39, 0.29) is 35.4 Å². The van der Waals surface area contributed by atoms with Crippen LogP contribution in [0.5, 0.6) is 17.2 Å². The molecular weight excluding hydrogens is 427 g/mol. The predicted octanol–water partition coefficient (Wildman–Crippen LogP) is 4.57. The molecular formula is C25H23FN2O5. The van der Waals surface area contributed by atoms with Crippen molar-refractivity contribution in [1.82, 2.24) is 10.5 Å². The molecule has 0 radical (unpaired) electrons. The molecule has 1 aliphatic carbocycles. The fourth-order valence-electron chi connectivity index (χ4n) is 3.88. The van der Waals surface area contributed by atoms with E-state index < -0.39 is 0 Å². The van der Waals surface area contributed by atoms with Gasteiger partial charge < -0.3 is 24.4 Å². The van der Waals surface area contributed by atoms with Crippen molar-refractivity contribution in [1.29, 1.82) is 0 Å². The second-order valence-corrected chi connectivity index (χ2v) is 7.61. The van der Waals surface area contributed by atoms with E-state index in [1.807, 2.05) is 13.0 Å². The zero-order valence-electron chi connectivity index (χ0n) is 18.4. The molecule has 170 valence electrons. The molecule has 2 aromatic carbocycles. The largest absolute Gasteiger partial charge is 0.502 e. The molecule has 33 heavy (non-hydrogen) atoms. The number of rotatable bonds is 7. The third-order valence-corrected chi connectivity index (χ3v) is 5.58. The standard InChI is InChI=1S/C25H23FN2O5/c1-14-19(6-15-7-22(31-2)25(30)23(8-15)32-3)18-5-4-17(26)9-21(18)20(14)10-24(29)27-11-16-12-28-33-13-16/h4-9,12-13,30H,10-11H2,1-3H3,(H,27,29). The summed E-state index contributed by atoms with van der Waals surface area (Å²) in [6.45, 7) is 2.20.